The summed E-state index contributed by atoms with van der Waals surface area (Å²) in [4.78, 5) is 15.7. The lowest BCUT2D eigenvalue weighted by Crippen LogP contribution is -2.37. The van der Waals surface area contributed by atoms with Gasteiger partial charge in [-0.1, -0.05) is 6.07 Å². The number of halogens is 1. The fourth-order valence-electron chi connectivity index (χ4n) is 3.22. The maximum atomic E-state index is 13.2. The summed E-state index contributed by atoms with van der Waals surface area (Å²) >= 11 is 0. The van der Waals surface area contributed by atoms with E-state index in [1.165, 1.54) is 12.1 Å². The molecule has 2 aromatic carbocycles. The molecule has 0 atom stereocenters. The summed E-state index contributed by atoms with van der Waals surface area (Å²) in [7, 11) is 0. The summed E-state index contributed by atoms with van der Waals surface area (Å²) < 4.78 is 18.6. The second kappa shape index (κ2) is 8.40. The molecule has 1 aliphatic heterocycles. The largest absolute Gasteiger partial charge is 0.378 e. The lowest BCUT2D eigenvalue weighted by Gasteiger charge is -2.27. The average Bonchev–Trinajstić information content (AvgIpc) is 2.69. The number of aryl methyl sites for hydroxylation is 2. The Balaban J connectivity index is 1.65. The van der Waals surface area contributed by atoms with E-state index >= 15 is 0 Å². The molecule has 1 saturated heterocycles. The highest BCUT2D eigenvalue weighted by Gasteiger charge is 2.17. The molecular formula is C21H23FN6O. The van der Waals surface area contributed by atoms with Crippen LogP contribution in [0.15, 0.2) is 42.5 Å². The minimum absolute atomic E-state index is 0.294. The van der Waals surface area contributed by atoms with Gasteiger partial charge in [-0.2, -0.15) is 15.0 Å². The van der Waals surface area contributed by atoms with Crippen LogP contribution in [0.1, 0.15) is 11.1 Å². The van der Waals surface area contributed by atoms with Gasteiger partial charge in [-0.25, -0.2) is 4.39 Å². The Morgan fingerprint density at radius 3 is 2.03 bits per heavy atom. The molecule has 2 heterocycles. The first-order chi connectivity index (χ1) is 14.0. The molecule has 2 N–H and O–H groups in total. The molecule has 0 amide bonds. The Bertz CT molecular complexity index is 969. The molecule has 0 bridgehead atoms. The van der Waals surface area contributed by atoms with Gasteiger partial charge in [0.25, 0.3) is 0 Å². The molecule has 3 aromatic rings. The summed E-state index contributed by atoms with van der Waals surface area (Å²) in [5.41, 5.74) is 3.91. The molecule has 1 aromatic heterocycles. The van der Waals surface area contributed by atoms with Gasteiger partial charge in [0, 0.05) is 24.5 Å². The highest BCUT2D eigenvalue weighted by atomic mass is 19.1. The highest BCUT2D eigenvalue weighted by molar-refractivity contribution is 5.60. The lowest BCUT2D eigenvalue weighted by atomic mass is 10.1. The Morgan fingerprint density at radius 2 is 1.41 bits per heavy atom. The summed E-state index contributed by atoms with van der Waals surface area (Å²) in [5.74, 6) is 1.10. The first-order valence-electron chi connectivity index (χ1n) is 9.52. The average molecular weight is 394 g/mol. The first-order valence-corrected chi connectivity index (χ1v) is 9.52. The van der Waals surface area contributed by atoms with Gasteiger partial charge in [0.1, 0.15) is 5.82 Å². The van der Waals surface area contributed by atoms with Crippen molar-refractivity contribution in [3.05, 3.63) is 59.4 Å². The summed E-state index contributed by atoms with van der Waals surface area (Å²) in [5, 5.41) is 6.41. The molecule has 0 aliphatic carbocycles. The van der Waals surface area contributed by atoms with E-state index in [4.69, 9.17) is 4.74 Å². The predicted molar refractivity (Wildman–Crippen MR) is 112 cm³/mol. The summed E-state index contributed by atoms with van der Waals surface area (Å²) in [6, 6.07) is 12.3. The van der Waals surface area contributed by atoms with Gasteiger partial charge in [-0.3, -0.25) is 0 Å². The Labute approximate surface area is 169 Å². The van der Waals surface area contributed by atoms with Crippen molar-refractivity contribution in [1.29, 1.82) is 0 Å². The highest BCUT2D eigenvalue weighted by Crippen LogP contribution is 2.22. The van der Waals surface area contributed by atoms with Gasteiger partial charge in [-0.05, 0) is 61.4 Å². The van der Waals surface area contributed by atoms with E-state index in [1.54, 1.807) is 12.1 Å². The summed E-state index contributed by atoms with van der Waals surface area (Å²) in [6.07, 6.45) is 0. The zero-order valence-corrected chi connectivity index (χ0v) is 16.4. The minimum Gasteiger partial charge on any atom is -0.378 e. The molecule has 4 rings (SSSR count). The number of ether oxygens (including phenoxy) is 1. The molecule has 0 radical (unpaired) electrons. The van der Waals surface area contributed by atoms with Gasteiger partial charge in [0.2, 0.25) is 17.8 Å². The van der Waals surface area contributed by atoms with E-state index in [0.717, 1.165) is 16.8 Å². The molecule has 8 heteroatoms. The Kier molecular flexibility index (Phi) is 5.53. The van der Waals surface area contributed by atoms with Gasteiger partial charge >= 0.3 is 0 Å². The SMILES string of the molecule is Cc1cc(C)cc(Nc2nc(Nc3ccc(F)cc3)nc(N3CCOCC3)n2)c1. The van der Waals surface area contributed by atoms with Crippen molar-refractivity contribution in [2.45, 2.75) is 13.8 Å². The third kappa shape index (κ3) is 4.97. The normalized spacial score (nSPS) is 14.0. The van der Waals surface area contributed by atoms with Crippen LogP contribution in [0.2, 0.25) is 0 Å². The molecule has 0 spiro atoms. The van der Waals surface area contributed by atoms with Crippen LogP contribution in [-0.4, -0.2) is 41.3 Å². The fourth-order valence-corrected chi connectivity index (χ4v) is 3.22. The number of hydrogen-bond donors (Lipinski definition) is 2. The standard InChI is InChI=1S/C21H23FN6O/c1-14-11-15(2)13-18(12-14)24-20-25-19(23-17-5-3-16(22)4-6-17)26-21(27-20)28-7-9-29-10-8-28/h3-6,11-13H,7-10H2,1-2H3,(H2,23,24,25,26,27). The van der Waals surface area contributed by atoms with E-state index in [0.29, 0.717) is 49.8 Å². The van der Waals surface area contributed by atoms with Gasteiger partial charge < -0.3 is 20.3 Å². The van der Waals surface area contributed by atoms with Crippen molar-refractivity contribution in [2.75, 3.05) is 41.8 Å². The first kappa shape index (κ1) is 19.1. The van der Waals surface area contributed by atoms with Crippen LogP contribution in [0.25, 0.3) is 0 Å². The number of aromatic nitrogens is 3. The van der Waals surface area contributed by atoms with Crippen molar-refractivity contribution < 1.29 is 9.13 Å². The van der Waals surface area contributed by atoms with Crippen molar-refractivity contribution in [3.8, 4) is 0 Å². The van der Waals surface area contributed by atoms with Crippen molar-refractivity contribution >= 4 is 29.2 Å². The zero-order chi connectivity index (χ0) is 20.2. The van der Waals surface area contributed by atoms with Crippen LogP contribution >= 0.6 is 0 Å². The van der Waals surface area contributed by atoms with Gasteiger partial charge in [-0.15, -0.1) is 0 Å². The molecule has 1 fully saturated rings. The lowest BCUT2D eigenvalue weighted by molar-refractivity contribution is 0.122. The zero-order valence-electron chi connectivity index (χ0n) is 16.4. The quantitative estimate of drug-likeness (QED) is 0.679. The molecule has 0 unspecified atom stereocenters. The number of hydrogen-bond acceptors (Lipinski definition) is 7. The number of morpholine rings is 1. The van der Waals surface area contributed by atoms with Gasteiger partial charge in [0.05, 0.1) is 13.2 Å². The second-order valence-corrected chi connectivity index (χ2v) is 7.02. The molecular weight excluding hydrogens is 371 g/mol. The van der Waals surface area contributed by atoms with Gasteiger partial charge in [0.15, 0.2) is 0 Å². The topological polar surface area (TPSA) is 75.2 Å². The van der Waals surface area contributed by atoms with E-state index < -0.39 is 0 Å². The molecule has 7 nitrogen and oxygen atoms in total. The third-order valence-electron chi connectivity index (χ3n) is 4.50. The Hall–Kier alpha value is -3.26. The van der Waals surface area contributed by atoms with Crippen molar-refractivity contribution in [3.63, 3.8) is 0 Å². The Morgan fingerprint density at radius 1 is 0.828 bits per heavy atom. The third-order valence-corrected chi connectivity index (χ3v) is 4.50. The molecule has 1 aliphatic rings. The van der Waals surface area contributed by atoms with Crippen molar-refractivity contribution in [1.82, 2.24) is 15.0 Å². The van der Waals surface area contributed by atoms with E-state index in [1.807, 2.05) is 26.0 Å². The monoisotopic (exact) mass is 394 g/mol. The fraction of sp³-hybridized carbons (Fsp3) is 0.286. The van der Waals surface area contributed by atoms with Crippen LogP contribution < -0.4 is 15.5 Å². The number of anilines is 5. The second-order valence-electron chi connectivity index (χ2n) is 7.02. The molecule has 29 heavy (non-hydrogen) atoms. The molecule has 0 saturated carbocycles. The number of rotatable bonds is 5. The van der Waals surface area contributed by atoms with Crippen LogP contribution in [0.5, 0.6) is 0 Å². The number of nitrogens with zero attached hydrogens (tertiary/aromatic N) is 4. The molecule has 150 valence electrons. The van der Waals surface area contributed by atoms with Crippen molar-refractivity contribution in [2.24, 2.45) is 0 Å². The number of benzene rings is 2. The van der Waals surface area contributed by atoms with Crippen LogP contribution in [0.3, 0.4) is 0 Å². The smallest absolute Gasteiger partial charge is 0.233 e. The van der Waals surface area contributed by atoms with E-state index in [2.05, 4.69) is 36.6 Å². The van der Waals surface area contributed by atoms with E-state index in [9.17, 15) is 4.39 Å². The predicted octanol–water partition coefficient (Wildman–Crippen LogP) is 3.95. The maximum Gasteiger partial charge on any atom is 0.233 e. The maximum absolute atomic E-state index is 13.2. The van der Waals surface area contributed by atoms with Crippen LogP contribution in [0.4, 0.5) is 33.6 Å². The van der Waals surface area contributed by atoms with E-state index in [-0.39, 0.29) is 5.82 Å². The number of nitrogens with one attached hydrogen (secondary N) is 2. The summed E-state index contributed by atoms with van der Waals surface area (Å²) in [6.45, 7) is 6.78. The van der Waals surface area contributed by atoms with Crippen LogP contribution in [-0.2, 0) is 4.74 Å². The minimum atomic E-state index is -0.294. The van der Waals surface area contributed by atoms with Crippen LogP contribution in [0, 0.1) is 19.7 Å².